The van der Waals surface area contributed by atoms with Gasteiger partial charge in [0.25, 0.3) is 5.89 Å². The van der Waals surface area contributed by atoms with Crippen LogP contribution < -0.4 is 5.32 Å². The molecule has 0 aliphatic carbocycles. The molecule has 12 heteroatoms. The lowest BCUT2D eigenvalue weighted by molar-refractivity contribution is -0.143. The fraction of sp³-hybridized carbons (Fsp3) is 0.286. The van der Waals surface area contributed by atoms with Crippen molar-refractivity contribution in [2.75, 3.05) is 5.32 Å². The van der Waals surface area contributed by atoms with E-state index in [0.29, 0.717) is 30.5 Å². The van der Waals surface area contributed by atoms with Crippen molar-refractivity contribution in [3.63, 3.8) is 0 Å². The van der Waals surface area contributed by atoms with Crippen LogP contribution in [0.25, 0.3) is 22.8 Å². The number of carbonyl (C=O) groups is 1. The number of carboxylic acids is 1. The van der Waals surface area contributed by atoms with Gasteiger partial charge in [0.2, 0.25) is 5.82 Å². The maximum atomic E-state index is 13.1. The molecular weight excluding hydrogens is 456 g/mol. The van der Waals surface area contributed by atoms with Gasteiger partial charge < -0.3 is 14.9 Å². The van der Waals surface area contributed by atoms with E-state index in [9.17, 15) is 31.1 Å². The maximum absolute atomic E-state index is 13.1. The third-order valence-electron chi connectivity index (χ3n) is 5.16. The van der Waals surface area contributed by atoms with Crippen molar-refractivity contribution in [3.8, 4) is 22.8 Å². The minimum absolute atomic E-state index is 0.00359. The summed E-state index contributed by atoms with van der Waals surface area (Å²) in [4.78, 5) is 14.8. The molecule has 1 atom stereocenters. The number of nitrogens with zero attached hydrogens (tertiary/aromatic N) is 2. The van der Waals surface area contributed by atoms with E-state index < -0.39 is 40.9 Å². The van der Waals surface area contributed by atoms with Gasteiger partial charge in [0.05, 0.1) is 11.1 Å². The number of nitrogens with one attached hydrogen (secondary N) is 1. The van der Waals surface area contributed by atoms with Crippen molar-refractivity contribution >= 4 is 11.7 Å². The largest absolute Gasteiger partial charge is 0.481 e. The van der Waals surface area contributed by atoms with Crippen LogP contribution in [0.4, 0.5) is 32.0 Å². The Morgan fingerprint density at radius 2 is 1.70 bits per heavy atom. The van der Waals surface area contributed by atoms with E-state index in [4.69, 9.17) is 9.63 Å². The Hall–Kier alpha value is -3.57. The number of hydrogen-bond donors (Lipinski definition) is 2. The summed E-state index contributed by atoms with van der Waals surface area (Å²) in [5.41, 5.74) is -1.37. The maximum Gasteiger partial charge on any atom is 0.416 e. The smallest absolute Gasteiger partial charge is 0.416 e. The summed E-state index contributed by atoms with van der Waals surface area (Å²) in [6.45, 7) is 0. The van der Waals surface area contributed by atoms with Crippen LogP contribution in [0.5, 0.6) is 0 Å². The molecule has 2 heterocycles. The topological polar surface area (TPSA) is 88.2 Å². The molecule has 2 N–H and O–H groups in total. The fourth-order valence-corrected chi connectivity index (χ4v) is 3.59. The van der Waals surface area contributed by atoms with Gasteiger partial charge in [-0.25, -0.2) is 0 Å². The summed E-state index contributed by atoms with van der Waals surface area (Å²) in [7, 11) is 0. The summed E-state index contributed by atoms with van der Waals surface area (Å²) in [5, 5.41) is 15.7. The molecule has 1 aliphatic heterocycles. The van der Waals surface area contributed by atoms with Crippen LogP contribution in [-0.4, -0.2) is 27.3 Å². The Bertz CT molecular complexity index is 1170. The molecule has 2 aromatic carbocycles. The molecule has 0 saturated heterocycles. The van der Waals surface area contributed by atoms with Gasteiger partial charge in [-0.15, -0.1) is 0 Å². The predicted molar refractivity (Wildman–Crippen MR) is 103 cm³/mol. The number of hydrogen-bond acceptors (Lipinski definition) is 5. The van der Waals surface area contributed by atoms with Crippen LogP contribution in [0.15, 0.2) is 40.9 Å². The van der Waals surface area contributed by atoms with Crippen molar-refractivity contribution < 1.29 is 40.8 Å². The number of fused-ring (bicyclic) bond motifs is 1. The van der Waals surface area contributed by atoms with Crippen molar-refractivity contribution in [1.29, 1.82) is 0 Å². The molecule has 0 fully saturated rings. The Labute approximate surface area is 182 Å². The average molecular weight is 471 g/mol. The van der Waals surface area contributed by atoms with Crippen LogP contribution in [0.2, 0.25) is 0 Å². The molecule has 0 spiro atoms. The van der Waals surface area contributed by atoms with E-state index in [1.807, 2.05) is 0 Å². The summed E-state index contributed by atoms with van der Waals surface area (Å²) in [6, 6.07) is 6.04. The zero-order valence-corrected chi connectivity index (χ0v) is 16.6. The second kappa shape index (κ2) is 8.09. The number of aliphatic carboxylic acids is 1. The monoisotopic (exact) mass is 471 g/mol. The number of halogens is 6. The lowest BCUT2D eigenvalue weighted by atomic mass is 10.0. The highest BCUT2D eigenvalue weighted by molar-refractivity contribution is 5.69. The first-order valence-electron chi connectivity index (χ1n) is 9.65. The highest BCUT2D eigenvalue weighted by Gasteiger charge is 2.37. The van der Waals surface area contributed by atoms with Crippen LogP contribution in [0, 0.1) is 0 Å². The number of rotatable bonds is 5. The minimum Gasteiger partial charge on any atom is -0.481 e. The SMILES string of the molecule is O=C(O)CC[C@H]1Cc2cc(-c3noc(-c4cc(C(F)(F)F)cc(C(F)(F)F)c4)n3)ccc2N1. The fourth-order valence-electron chi connectivity index (χ4n) is 3.59. The molecule has 4 rings (SSSR count). The Balaban J connectivity index is 1.62. The van der Waals surface area contributed by atoms with Gasteiger partial charge >= 0.3 is 18.3 Å². The minimum atomic E-state index is -5.00. The third kappa shape index (κ3) is 4.94. The first-order valence-corrected chi connectivity index (χ1v) is 9.65. The molecule has 6 nitrogen and oxygen atoms in total. The second-order valence-electron chi connectivity index (χ2n) is 7.57. The molecule has 1 aromatic heterocycles. The van der Waals surface area contributed by atoms with E-state index in [2.05, 4.69) is 15.5 Å². The molecule has 174 valence electrons. The average Bonchev–Trinajstić information content (AvgIpc) is 3.37. The first-order chi connectivity index (χ1) is 15.4. The lowest BCUT2D eigenvalue weighted by Gasteiger charge is -2.12. The van der Waals surface area contributed by atoms with Crippen LogP contribution in [0.1, 0.15) is 29.5 Å². The normalized spacial score (nSPS) is 15.9. The molecule has 33 heavy (non-hydrogen) atoms. The third-order valence-corrected chi connectivity index (χ3v) is 5.16. The standard InChI is InChI=1S/C21H15F6N3O3/c22-20(23,24)13-6-12(7-14(9-13)21(25,26)27)19-29-18(30-33-19)10-1-3-16-11(5-10)8-15(28-16)2-4-17(31)32/h1,3,5-7,9,15,28H,2,4,8H2,(H,31,32)/t15-/m0/s1. The lowest BCUT2D eigenvalue weighted by Crippen LogP contribution is -2.16. The summed E-state index contributed by atoms with van der Waals surface area (Å²) in [5.74, 6) is -1.40. The quantitative estimate of drug-likeness (QED) is 0.468. The zero-order valence-electron chi connectivity index (χ0n) is 16.6. The Morgan fingerprint density at radius 1 is 1.03 bits per heavy atom. The Kier molecular flexibility index (Phi) is 5.54. The summed E-state index contributed by atoms with van der Waals surface area (Å²) >= 11 is 0. The number of carboxylic acid groups (broad SMARTS) is 1. The molecule has 0 saturated carbocycles. The Morgan fingerprint density at radius 3 is 2.30 bits per heavy atom. The van der Waals surface area contributed by atoms with Gasteiger partial charge in [0.15, 0.2) is 0 Å². The zero-order chi connectivity index (χ0) is 24.0. The van der Waals surface area contributed by atoms with Gasteiger partial charge in [-0.1, -0.05) is 5.16 Å². The van der Waals surface area contributed by atoms with Crippen molar-refractivity contribution in [2.45, 2.75) is 37.7 Å². The molecule has 0 amide bonds. The highest BCUT2D eigenvalue weighted by atomic mass is 19.4. The van der Waals surface area contributed by atoms with Gasteiger partial charge in [0, 0.05) is 29.3 Å². The van der Waals surface area contributed by atoms with Gasteiger partial charge in [-0.2, -0.15) is 31.3 Å². The van der Waals surface area contributed by atoms with Crippen molar-refractivity contribution in [1.82, 2.24) is 10.1 Å². The predicted octanol–water partition coefficient (Wildman–Crippen LogP) is 5.64. The van der Waals surface area contributed by atoms with Gasteiger partial charge in [-0.3, -0.25) is 4.79 Å². The van der Waals surface area contributed by atoms with E-state index in [1.165, 1.54) is 0 Å². The number of benzene rings is 2. The summed E-state index contributed by atoms with van der Waals surface area (Å²) < 4.78 is 83.6. The molecule has 0 bridgehead atoms. The van der Waals surface area contributed by atoms with Crippen molar-refractivity contribution in [3.05, 3.63) is 53.1 Å². The molecule has 0 radical (unpaired) electrons. The molecule has 1 aliphatic rings. The van der Waals surface area contributed by atoms with E-state index in [1.54, 1.807) is 18.2 Å². The number of anilines is 1. The first kappa shape index (κ1) is 22.6. The van der Waals surface area contributed by atoms with E-state index >= 15 is 0 Å². The molecular formula is C21H15F6N3O3. The van der Waals surface area contributed by atoms with Crippen LogP contribution >= 0.6 is 0 Å². The van der Waals surface area contributed by atoms with E-state index in [-0.39, 0.29) is 24.4 Å². The van der Waals surface area contributed by atoms with Gasteiger partial charge in [0.1, 0.15) is 0 Å². The molecule has 0 unspecified atom stereocenters. The van der Waals surface area contributed by atoms with Crippen LogP contribution in [0.3, 0.4) is 0 Å². The number of alkyl halides is 6. The van der Waals surface area contributed by atoms with Crippen LogP contribution in [-0.2, 0) is 23.6 Å². The van der Waals surface area contributed by atoms with E-state index in [0.717, 1.165) is 11.3 Å². The van der Waals surface area contributed by atoms with Crippen molar-refractivity contribution in [2.24, 2.45) is 0 Å². The highest BCUT2D eigenvalue weighted by Crippen LogP contribution is 2.39. The van der Waals surface area contributed by atoms with Gasteiger partial charge in [-0.05, 0) is 54.8 Å². The second-order valence-corrected chi connectivity index (χ2v) is 7.57. The molecule has 3 aromatic rings. The summed E-state index contributed by atoms with van der Waals surface area (Å²) in [6.07, 6.45) is -9.03. The number of aromatic nitrogens is 2.